The first kappa shape index (κ1) is 53.9. The molecule has 326 valence electrons. The van der Waals surface area contributed by atoms with E-state index in [9.17, 15) is 14.4 Å². The lowest BCUT2D eigenvalue weighted by Crippen LogP contribution is -2.30. The van der Waals surface area contributed by atoms with Crippen LogP contribution in [0, 0.1) is 0 Å². The van der Waals surface area contributed by atoms with E-state index in [1.165, 1.54) is 77.0 Å². The van der Waals surface area contributed by atoms with Crippen LogP contribution in [-0.2, 0) is 28.6 Å². The van der Waals surface area contributed by atoms with Crippen LogP contribution in [0.15, 0.2) is 72.9 Å². The van der Waals surface area contributed by atoms with E-state index >= 15 is 0 Å². The zero-order chi connectivity index (χ0) is 41.5. The smallest absolute Gasteiger partial charge is 0.306 e. The van der Waals surface area contributed by atoms with Crippen molar-refractivity contribution in [3.8, 4) is 0 Å². The second kappa shape index (κ2) is 45.6. The first-order valence-electron chi connectivity index (χ1n) is 23.5. The fraction of sp³-hybridized carbons (Fsp3) is 0.706. The van der Waals surface area contributed by atoms with E-state index in [-0.39, 0.29) is 31.1 Å². The maximum absolute atomic E-state index is 12.7. The van der Waals surface area contributed by atoms with E-state index < -0.39 is 6.10 Å². The van der Waals surface area contributed by atoms with Crippen LogP contribution in [0.1, 0.15) is 213 Å². The highest BCUT2D eigenvalue weighted by Gasteiger charge is 2.19. The van der Waals surface area contributed by atoms with Gasteiger partial charge < -0.3 is 14.2 Å². The van der Waals surface area contributed by atoms with Crippen molar-refractivity contribution in [3.63, 3.8) is 0 Å². The van der Waals surface area contributed by atoms with Gasteiger partial charge in [-0.15, -0.1) is 0 Å². The van der Waals surface area contributed by atoms with Crippen molar-refractivity contribution in [1.29, 1.82) is 0 Å². The van der Waals surface area contributed by atoms with E-state index in [2.05, 4.69) is 93.7 Å². The number of rotatable bonds is 41. The molecule has 57 heavy (non-hydrogen) atoms. The van der Waals surface area contributed by atoms with Gasteiger partial charge in [0.2, 0.25) is 0 Å². The molecular formula is C51H86O6. The summed E-state index contributed by atoms with van der Waals surface area (Å²) in [6.07, 6.45) is 56.0. The van der Waals surface area contributed by atoms with Gasteiger partial charge in [-0.05, 0) is 70.6 Å². The van der Waals surface area contributed by atoms with Gasteiger partial charge in [-0.1, -0.05) is 196 Å². The second-order valence-electron chi connectivity index (χ2n) is 15.4. The number of carbonyl (C=O) groups excluding carboxylic acids is 3. The molecule has 0 saturated heterocycles. The summed E-state index contributed by atoms with van der Waals surface area (Å²) in [4.78, 5) is 37.7. The number of ether oxygens (including phenoxy) is 3. The van der Waals surface area contributed by atoms with E-state index in [0.717, 1.165) is 96.3 Å². The van der Waals surface area contributed by atoms with Crippen molar-refractivity contribution < 1.29 is 28.6 Å². The Morgan fingerprint density at radius 3 is 1.28 bits per heavy atom. The maximum Gasteiger partial charge on any atom is 0.306 e. The van der Waals surface area contributed by atoms with Crippen molar-refractivity contribution in [3.05, 3.63) is 72.9 Å². The molecule has 0 aliphatic rings. The standard InChI is InChI=1S/C51H86O6/c1-4-7-10-13-16-19-21-23-24-25-26-27-28-30-32-35-38-41-44-50(53)56-47-48(46-55-49(52)43-40-37-34-31-18-15-12-9-6-3)57-51(54)45-42-39-36-33-29-22-20-17-14-11-8-5-2/h9,12,16,18-19,21,23-27,31,48H,4-8,10-11,13-15,17,20,22,28-30,32-47H2,1-3H3/b12-9-,19-16-,23-21-,25-24-,27-26-,31-18-. The van der Waals surface area contributed by atoms with Crippen LogP contribution < -0.4 is 0 Å². The van der Waals surface area contributed by atoms with Crippen molar-refractivity contribution in [2.24, 2.45) is 0 Å². The highest BCUT2D eigenvalue weighted by atomic mass is 16.6. The zero-order valence-electron chi connectivity index (χ0n) is 37.1. The number of carbonyl (C=O) groups is 3. The summed E-state index contributed by atoms with van der Waals surface area (Å²) < 4.78 is 16.6. The molecule has 6 nitrogen and oxygen atoms in total. The fourth-order valence-corrected chi connectivity index (χ4v) is 6.25. The Labute approximate surface area is 351 Å². The normalized spacial score (nSPS) is 12.7. The molecule has 0 saturated carbocycles. The van der Waals surface area contributed by atoms with Gasteiger partial charge in [-0.3, -0.25) is 14.4 Å². The molecule has 0 bridgehead atoms. The average molecular weight is 795 g/mol. The molecule has 1 atom stereocenters. The lowest BCUT2D eigenvalue weighted by Gasteiger charge is -2.18. The summed E-state index contributed by atoms with van der Waals surface area (Å²) in [5.74, 6) is -0.959. The van der Waals surface area contributed by atoms with E-state index in [4.69, 9.17) is 14.2 Å². The summed E-state index contributed by atoms with van der Waals surface area (Å²) in [6, 6.07) is 0. The molecule has 6 heteroatoms. The van der Waals surface area contributed by atoms with Gasteiger partial charge in [0.25, 0.3) is 0 Å². The molecule has 0 aromatic carbocycles. The molecule has 0 heterocycles. The minimum atomic E-state index is -0.794. The van der Waals surface area contributed by atoms with E-state index in [1.54, 1.807) is 0 Å². The summed E-state index contributed by atoms with van der Waals surface area (Å²) in [7, 11) is 0. The maximum atomic E-state index is 12.7. The predicted octanol–water partition coefficient (Wildman–Crippen LogP) is 15.1. The Bertz CT molecular complexity index is 1100. The molecule has 0 spiro atoms. The molecule has 0 rings (SSSR count). The van der Waals surface area contributed by atoms with E-state index in [0.29, 0.717) is 19.3 Å². The molecule has 0 aliphatic heterocycles. The summed E-state index contributed by atoms with van der Waals surface area (Å²) in [6.45, 7) is 6.41. The molecule has 1 unspecified atom stereocenters. The van der Waals surface area contributed by atoms with Crippen LogP contribution in [0.2, 0.25) is 0 Å². The predicted molar refractivity (Wildman–Crippen MR) is 242 cm³/mol. The van der Waals surface area contributed by atoms with Crippen molar-refractivity contribution in [1.82, 2.24) is 0 Å². The summed E-state index contributed by atoms with van der Waals surface area (Å²) in [5.41, 5.74) is 0. The molecule has 0 N–H and O–H groups in total. The molecule has 0 aromatic rings. The van der Waals surface area contributed by atoms with Crippen LogP contribution in [0.4, 0.5) is 0 Å². The fourth-order valence-electron chi connectivity index (χ4n) is 6.25. The van der Waals surface area contributed by atoms with Gasteiger partial charge >= 0.3 is 17.9 Å². The Hall–Kier alpha value is -3.15. The van der Waals surface area contributed by atoms with Crippen LogP contribution >= 0.6 is 0 Å². The van der Waals surface area contributed by atoms with Gasteiger partial charge in [0.15, 0.2) is 6.10 Å². The quantitative estimate of drug-likeness (QED) is 0.0202. The van der Waals surface area contributed by atoms with Gasteiger partial charge in [-0.2, -0.15) is 0 Å². The van der Waals surface area contributed by atoms with Gasteiger partial charge in [0, 0.05) is 19.3 Å². The van der Waals surface area contributed by atoms with Gasteiger partial charge in [0.05, 0.1) is 0 Å². The third-order valence-corrected chi connectivity index (χ3v) is 9.79. The zero-order valence-corrected chi connectivity index (χ0v) is 37.1. The number of esters is 3. The van der Waals surface area contributed by atoms with Crippen molar-refractivity contribution >= 4 is 17.9 Å². The molecular weight excluding hydrogens is 709 g/mol. The lowest BCUT2D eigenvalue weighted by atomic mass is 10.0. The number of allylic oxidation sites excluding steroid dienone is 12. The van der Waals surface area contributed by atoms with Crippen molar-refractivity contribution in [2.45, 2.75) is 219 Å². The topological polar surface area (TPSA) is 78.9 Å². The molecule has 0 radical (unpaired) electrons. The van der Waals surface area contributed by atoms with Crippen LogP contribution in [0.5, 0.6) is 0 Å². The summed E-state index contributed by atoms with van der Waals surface area (Å²) in [5, 5.41) is 0. The average Bonchev–Trinajstić information content (AvgIpc) is 3.21. The minimum absolute atomic E-state index is 0.0973. The first-order valence-corrected chi connectivity index (χ1v) is 23.5. The first-order chi connectivity index (χ1) is 28.0. The van der Waals surface area contributed by atoms with Crippen LogP contribution in [-0.4, -0.2) is 37.2 Å². The Morgan fingerprint density at radius 2 is 0.754 bits per heavy atom. The highest BCUT2D eigenvalue weighted by molar-refractivity contribution is 5.71. The molecule has 0 fully saturated rings. The lowest BCUT2D eigenvalue weighted by molar-refractivity contribution is -0.167. The van der Waals surface area contributed by atoms with Crippen LogP contribution in [0.25, 0.3) is 0 Å². The highest BCUT2D eigenvalue weighted by Crippen LogP contribution is 2.14. The number of unbranched alkanes of at least 4 members (excludes halogenated alkanes) is 21. The molecule has 0 aliphatic carbocycles. The molecule has 0 amide bonds. The van der Waals surface area contributed by atoms with Crippen molar-refractivity contribution in [2.75, 3.05) is 13.2 Å². The summed E-state index contributed by atoms with van der Waals surface area (Å²) >= 11 is 0. The van der Waals surface area contributed by atoms with Gasteiger partial charge in [0.1, 0.15) is 13.2 Å². The van der Waals surface area contributed by atoms with Gasteiger partial charge in [-0.25, -0.2) is 0 Å². The Morgan fingerprint density at radius 1 is 0.386 bits per heavy atom. The SMILES string of the molecule is CC/C=C\C/C=C\CCCCC(=O)OCC(COC(=O)CCCCCCC\C=C/C=C\C=C/C=C\CCCCC)OC(=O)CCCCCCCCCCCCCC. The second-order valence-corrected chi connectivity index (χ2v) is 15.4. The number of hydrogen-bond donors (Lipinski definition) is 0. The third-order valence-electron chi connectivity index (χ3n) is 9.79. The third kappa shape index (κ3) is 43.8. The minimum Gasteiger partial charge on any atom is -0.462 e. The Balaban J connectivity index is 4.41. The molecule has 0 aromatic heterocycles. The monoisotopic (exact) mass is 795 g/mol. The number of hydrogen-bond acceptors (Lipinski definition) is 6. The largest absolute Gasteiger partial charge is 0.462 e. The van der Waals surface area contributed by atoms with E-state index in [1.807, 2.05) is 0 Å². The Kier molecular flexibility index (Phi) is 43.0. The van der Waals surface area contributed by atoms with Crippen LogP contribution in [0.3, 0.4) is 0 Å².